The maximum Gasteiger partial charge on any atom is 0.255 e. The number of halogens is 1. The van der Waals surface area contributed by atoms with Crippen LogP contribution in [0.3, 0.4) is 0 Å². The van der Waals surface area contributed by atoms with Crippen LogP contribution in [-0.2, 0) is 4.79 Å². The summed E-state index contributed by atoms with van der Waals surface area (Å²) in [6, 6.07) is 5.00. The van der Waals surface area contributed by atoms with E-state index in [1.807, 2.05) is 6.92 Å². The topological polar surface area (TPSA) is 75.4 Å². The highest BCUT2D eigenvalue weighted by molar-refractivity contribution is 6.36. The average Bonchev–Trinajstić information content (AvgIpc) is 2.84. The molecule has 1 fully saturated rings. The second-order valence-corrected chi connectivity index (χ2v) is 5.70. The summed E-state index contributed by atoms with van der Waals surface area (Å²) in [6.07, 6.45) is 0.637. The van der Waals surface area contributed by atoms with E-state index in [2.05, 4.69) is 5.32 Å². The van der Waals surface area contributed by atoms with Gasteiger partial charge in [0.2, 0.25) is 5.91 Å². The van der Waals surface area contributed by atoms with Crippen molar-refractivity contribution < 1.29 is 9.59 Å². The van der Waals surface area contributed by atoms with Crippen molar-refractivity contribution in [3.63, 3.8) is 0 Å². The summed E-state index contributed by atoms with van der Waals surface area (Å²) in [5.41, 5.74) is 5.93. The number of carbonyl (C=O) groups is 2. The normalized spacial score (nSPS) is 21.9. The van der Waals surface area contributed by atoms with Gasteiger partial charge in [-0.15, -0.1) is 0 Å². The van der Waals surface area contributed by atoms with Gasteiger partial charge in [-0.3, -0.25) is 9.59 Å². The van der Waals surface area contributed by atoms with E-state index in [-0.39, 0.29) is 16.8 Å². The van der Waals surface area contributed by atoms with Crippen LogP contribution in [0.4, 0.5) is 5.69 Å². The van der Waals surface area contributed by atoms with Crippen LogP contribution in [0.15, 0.2) is 18.2 Å². The Labute approximate surface area is 123 Å². The van der Waals surface area contributed by atoms with Crippen molar-refractivity contribution in [3.05, 3.63) is 28.8 Å². The van der Waals surface area contributed by atoms with Crippen molar-refractivity contribution in [2.24, 2.45) is 5.41 Å². The summed E-state index contributed by atoms with van der Waals surface area (Å²) in [5.74, 6) is -0.235. The summed E-state index contributed by atoms with van der Waals surface area (Å²) >= 11 is 6.08. The zero-order valence-electron chi connectivity index (χ0n) is 11.6. The molecule has 0 aliphatic carbocycles. The van der Waals surface area contributed by atoms with Crippen molar-refractivity contribution >= 4 is 29.1 Å². The van der Waals surface area contributed by atoms with E-state index in [1.165, 1.54) is 0 Å². The number of rotatable bonds is 2. The number of hydrogen-bond acceptors (Lipinski definition) is 3. The minimum absolute atomic E-state index is 0.0496. The zero-order chi connectivity index (χ0) is 14.9. The number of nitrogen functional groups attached to an aromatic ring is 1. The zero-order valence-corrected chi connectivity index (χ0v) is 12.3. The highest BCUT2D eigenvalue weighted by atomic mass is 35.5. The van der Waals surface area contributed by atoms with Gasteiger partial charge in [-0.25, -0.2) is 0 Å². The lowest BCUT2D eigenvalue weighted by Crippen LogP contribution is -2.40. The lowest BCUT2D eigenvalue weighted by Gasteiger charge is -2.23. The smallest absolute Gasteiger partial charge is 0.255 e. The predicted molar refractivity (Wildman–Crippen MR) is 78.6 cm³/mol. The summed E-state index contributed by atoms with van der Waals surface area (Å²) in [7, 11) is 1.60. The highest BCUT2D eigenvalue weighted by Crippen LogP contribution is 2.32. The second kappa shape index (κ2) is 5.32. The number of likely N-dealkylation sites (tertiary alicyclic amines) is 1. The third-order valence-corrected chi connectivity index (χ3v) is 4.22. The molecule has 1 unspecified atom stereocenters. The van der Waals surface area contributed by atoms with Gasteiger partial charge < -0.3 is 16.0 Å². The number of benzene rings is 1. The van der Waals surface area contributed by atoms with Gasteiger partial charge in [0.1, 0.15) is 0 Å². The van der Waals surface area contributed by atoms with E-state index >= 15 is 0 Å². The van der Waals surface area contributed by atoms with Crippen molar-refractivity contribution in [1.29, 1.82) is 0 Å². The Kier molecular flexibility index (Phi) is 3.90. The summed E-state index contributed by atoms with van der Waals surface area (Å²) in [4.78, 5) is 26.0. The number of hydrogen-bond donors (Lipinski definition) is 2. The van der Waals surface area contributed by atoms with Crippen molar-refractivity contribution in [3.8, 4) is 0 Å². The molecule has 3 N–H and O–H groups in total. The summed E-state index contributed by atoms with van der Waals surface area (Å²) in [5, 5.41) is 2.91. The molecule has 0 aromatic heterocycles. The molecule has 1 atom stereocenters. The Bertz CT molecular complexity index is 561. The van der Waals surface area contributed by atoms with E-state index < -0.39 is 5.41 Å². The fourth-order valence-corrected chi connectivity index (χ4v) is 2.71. The number of nitrogens with one attached hydrogen (secondary N) is 1. The SMILES string of the molecule is CNC(=O)C1(C)CCN(C(=O)c2cccc(N)c2Cl)C1. The molecule has 20 heavy (non-hydrogen) atoms. The number of nitrogens with two attached hydrogens (primary N) is 1. The first-order valence-corrected chi connectivity index (χ1v) is 6.82. The van der Waals surface area contributed by atoms with Crippen LogP contribution in [0, 0.1) is 5.41 Å². The molecule has 1 aromatic rings. The van der Waals surface area contributed by atoms with Gasteiger partial charge in [0, 0.05) is 20.1 Å². The quantitative estimate of drug-likeness (QED) is 0.812. The number of nitrogens with zero attached hydrogens (tertiary/aromatic N) is 1. The van der Waals surface area contributed by atoms with Crippen LogP contribution in [0.5, 0.6) is 0 Å². The Morgan fingerprint density at radius 2 is 2.15 bits per heavy atom. The van der Waals surface area contributed by atoms with Gasteiger partial charge in [0.25, 0.3) is 5.91 Å². The fourth-order valence-electron chi connectivity index (χ4n) is 2.51. The van der Waals surface area contributed by atoms with Gasteiger partial charge >= 0.3 is 0 Å². The summed E-state index contributed by atoms with van der Waals surface area (Å²) in [6.45, 7) is 2.78. The third kappa shape index (κ3) is 2.45. The van der Waals surface area contributed by atoms with Crippen LogP contribution in [0.25, 0.3) is 0 Å². The van der Waals surface area contributed by atoms with Crippen LogP contribution >= 0.6 is 11.6 Å². The van der Waals surface area contributed by atoms with Crippen molar-refractivity contribution in [1.82, 2.24) is 10.2 Å². The number of amides is 2. The second-order valence-electron chi connectivity index (χ2n) is 5.33. The molecule has 1 aromatic carbocycles. The van der Waals surface area contributed by atoms with E-state index in [9.17, 15) is 9.59 Å². The van der Waals surface area contributed by atoms with Crippen LogP contribution in [-0.4, -0.2) is 36.9 Å². The molecule has 2 rings (SSSR count). The van der Waals surface area contributed by atoms with E-state index in [0.717, 1.165) is 0 Å². The number of anilines is 1. The molecule has 1 aliphatic heterocycles. The minimum Gasteiger partial charge on any atom is -0.398 e. The van der Waals surface area contributed by atoms with Crippen LogP contribution in [0.1, 0.15) is 23.7 Å². The molecule has 2 amide bonds. The minimum atomic E-state index is -0.544. The summed E-state index contributed by atoms with van der Waals surface area (Å²) < 4.78 is 0. The fraction of sp³-hybridized carbons (Fsp3) is 0.429. The standard InChI is InChI=1S/C14H18ClN3O2/c1-14(13(20)17-2)6-7-18(8-14)12(19)9-4-3-5-10(16)11(9)15/h3-5H,6-8,16H2,1-2H3,(H,17,20). The van der Waals surface area contributed by atoms with E-state index in [1.54, 1.807) is 30.1 Å². The Hall–Kier alpha value is -1.75. The molecule has 0 spiro atoms. The largest absolute Gasteiger partial charge is 0.398 e. The lowest BCUT2D eigenvalue weighted by molar-refractivity contribution is -0.128. The molecule has 108 valence electrons. The average molecular weight is 296 g/mol. The maximum atomic E-state index is 12.5. The molecule has 0 saturated carbocycles. The van der Waals surface area contributed by atoms with Crippen LogP contribution in [0.2, 0.25) is 5.02 Å². The number of carbonyl (C=O) groups excluding carboxylic acids is 2. The van der Waals surface area contributed by atoms with E-state index in [0.29, 0.717) is 30.8 Å². The Morgan fingerprint density at radius 3 is 2.80 bits per heavy atom. The van der Waals surface area contributed by atoms with Gasteiger partial charge in [-0.2, -0.15) is 0 Å². The first kappa shape index (κ1) is 14.7. The van der Waals surface area contributed by atoms with Crippen molar-refractivity contribution in [2.75, 3.05) is 25.9 Å². The van der Waals surface area contributed by atoms with Crippen molar-refractivity contribution in [2.45, 2.75) is 13.3 Å². The van der Waals surface area contributed by atoms with Gasteiger partial charge in [0.05, 0.1) is 21.7 Å². The molecular weight excluding hydrogens is 278 g/mol. The van der Waals surface area contributed by atoms with Gasteiger partial charge in [0.15, 0.2) is 0 Å². The lowest BCUT2D eigenvalue weighted by atomic mass is 9.89. The molecule has 0 radical (unpaired) electrons. The highest BCUT2D eigenvalue weighted by Gasteiger charge is 2.41. The molecule has 0 bridgehead atoms. The Balaban J connectivity index is 2.20. The predicted octanol–water partition coefficient (Wildman–Crippen LogP) is 1.52. The first-order chi connectivity index (χ1) is 9.39. The molecule has 1 heterocycles. The third-order valence-electron chi connectivity index (χ3n) is 3.79. The van der Waals surface area contributed by atoms with E-state index in [4.69, 9.17) is 17.3 Å². The first-order valence-electron chi connectivity index (χ1n) is 6.44. The molecule has 5 nitrogen and oxygen atoms in total. The van der Waals surface area contributed by atoms with Gasteiger partial charge in [-0.05, 0) is 25.5 Å². The van der Waals surface area contributed by atoms with Crippen LogP contribution < -0.4 is 11.1 Å². The molecule has 1 aliphatic rings. The maximum absolute atomic E-state index is 12.5. The molecule has 6 heteroatoms. The molecule has 1 saturated heterocycles. The monoisotopic (exact) mass is 295 g/mol. The Morgan fingerprint density at radius 1 is 1.45 bits per heavy atom. The van der Waals surface area contributed by atoms with Gasteiger partial charge in [-0.1, -0.05) is 17.7 Å². The molecular formula is C14H18ClN3O2.